The van der Waals surface area contributed by atoms with Crippen LogP contribution < -0.4 is 5.32 Å². The number of aromatic nitrogens is 2. The van der Waals surface area contributed by atoms with E-state index in [4.69, 9.17) is 0 Å². The molecule has 2 aromatic rings. The van der Waals surface area contributed by atoms with Gasteiger partial charge in [-0.2, -0.15) is 5.10 Å². The molecule has 0 fully saturated rings. The molecule has 4 nitrogen and oxygen atoms in total. The first kappa shape index (κ1) is 14.7. The summed E-state index contributed by atoms with van der Waals surface area (Å²) < 4.78 is 15.8. The molecule has 0 radical (unpaired) electrons. The van der Waals surface area contributed by atoms with Gasteiger partial charge in [-0.3, -0.25) is 9.48 Å². The molecule has 0 atom stereocenters. The van der Waals surface area contributed by atoms with Gasteiger partial charge in [0.2, 0.25) is 5.91 Å². The van der Waals surface area contributed by atoms with E-state index >= 15 is 0 Å². The molecular formula is C14H15BrFN3O. The summed E-state index contributed by atoms with van der Waals surface area (Å²) in [6, 6.07) is 6.79. The zero-order valence-electron chi connectivity index (χ0n) is 10.9. The van der Waals surface area contributed by atoms with Crippen LogP contribution in [0.5, 0.6) is 0 Å². The lowest BCUT2D eigenvalue weighted by Crippen LogP contribution is -2.28. The van der Waals surface area contributed by atoms with Gasteiger partial charge in [0.1, 0.15) is 12.4 Å². The molecule has 0 aliphatic carbocycles. The van der Waals surface area contributed by atoms with E-state index in [1.165, 1.54) is 6.07 Å². The van der Waals surface area contributed by atoms with Crippen molar-refractivity contribution in [2.75, 3.05) is 6.54 Å². The van der Waals surface area contributed by atoms with Gasteiger partial charge in [-0.05, 0) is 36.6 Å². The molecular weight excluding hydrogens is 325 g/mol. The van der Waals surface area contributed by atoms with E-state index in [-0.39, 0.29) is 18.3 Å². The Morgan fingerprint density at radius 3 is 3.00 bits per heavy atom. The molecule has 0 spiro atoms. The van der Waals surface area contributed by atoms with Crippen molar-refractivity contribution in [3.05, 3.63) is 52.5 Å². The molecule has 106 valence electrons. The fourth-order valence-electron chi connectivity index (χ4n) is 1.83. The Balaban J connectivity index is 1.69. The first-order valence-electron chi connectivity index (χ1n) is 6.33. The van der Waals surface area contributed by atoms with Gasteiger partial charge < -0.3 is 5.32 Å². The maximum absolute atomic E-state index is 13.6. The highest BCUT2D eigenvalue weighted by Gasteiger charge is 2.04. The highest BCUT2D eigenvalue weighted by atomic mass is 79.9. The number of benzene rings is 1. The van der Waals surface area contributed by atoms with Crippen LogP contribution in [-0.2, 0) is 17.8 Å². The normalized spacial score (nSPS) is 10.5. The lowest BCUT2D eigenvalue weighted by atomic mass is 10.1. The monoisotopic (exact) mass is 339 g/mol. The summed E-state index contributed by atoms with van der Waals surface area (Å²) >= 11 is 3.22. The van der Waals surface area contributed by atoms with Crippen LogP contribution in [0.15, 0.2) is 41.1 Å². The average Bonchev–Trinajstić information content (AvgIpc) is 2.89. The molecule has 6 heteroatoms. The predicted molar refractivity (Wildman–Crippen MR) is 77.7 cm³/mol. The van der Waals surface area contributed by atoms with Crippen molar-refractivity contribution >= 4 is 21.8 Å². The van der Waals surface area contributed by atoms with Gasteiger partial charge >= 0.3 is 0 Å². The Morgan fingerprint density at radius 1 is 1.45 bits per heavy atom. The lowest BCUT2D eigenvalue weighted by molar-refractivity contribution is -0.121. The number of carbonyl (C=O) groups excluding carboxylic acids is 1. The first-order chi connectivity index (χ1) is 9.65. The van der Waals surface area contributed by atoms with Crippen LogP contribution in [0.2, 0.25) is 0 Å². The van der Waals surface area contributed by atoms with Gasteiger partial charge in [-0.25, -0.2) is 4.39 Å². The molecule has 0 bridgehead atoms. The minimum atomic E-state index is -0.220. The van der Waals surface area contributed by atoms with Crippen molar-refractivity contribution in [2.45, 2.75) is 19.4 Å². The van der Waals surface area contributed by atoms with E-state index in [1.807, 2.05) is 6.07 Å². The molecule has 1 aromatic heterocycles. The number of halogens is 2. The zero-order valence-corrected chi connectivity index (χ0v) is 12.4. The van der Waals surface area contributed by atoms with Gasteiger partial charge in [-0.1, -0.05) is 22.0 Å². The summed E-state index contributed by atoms with van der Waals surface area (Å²) in [5, 5.41) is 6.74. The quantitative estimate of drug-likeness (QED) is 0.822. The topological polar surface area (TPSA) is 46.9 Å². The van der Waals surface area contributed by atoms with Gasteiger partial charge in [0.05, 0.1) is 0 Å². The Labute approximate surface area is 125 Å². The number of aryl methyl sites for hydroxylation is 1. The van der Waals surface area contributed by atoms with Crippen LogP contribution in [0.1, 0.15) is 12.0 Å². The summed E-state index contributed by atoms with van der Waals surface area (Å²) in [5.41, 5.74) is 0.662. The summed E-state index contributed by atoms with van der Waals surface area (Å²) in [5.74, 6) is -0.313. The van der Waals surface area contributed by atoms with E-state index in [0.717, 1.165) is 4.47 Å². The molecule has 0 aliphatic heterocycles. The van der Waals surface area contributed by atoms with E-state index in [0.29, 0.717) is 24.9 Å². The van der Waals surface area contributed by atoms with E-state index in [9.17, 15) is 9.18 Å². The fourth-order valence-corrected chi connectivity index (χ4v) is 2.16. The standard InChI is InChI=1S/C14H15BrFN3O/c15-12-5-4-11(13(16)9-12)3-1-6-17-14(20)10-19-8-2-7-18-19/h2,4-5,7-9H,1,3,6,10H2,(H,17,20). The number of hydrogen-bond donors (Lipinski definition) is 1. The molecule has 0 saturated heterocycles. The van der Waals surface area contributed by atoms with Crippen LogP contribution >= 0.6 is 15.9 Å². The second-order valence-corrected chi connectivity index (χ2v) is 5.31. The van der Waals surface area contributed by atoms with Crippen molar-refractivity contribution in [3.63, 3.8) is 0 Å². The zero-order chi connectivity index (χ0) is 14.4. The molecule has 0 saturated carbocycles. The Kier molecular flexibility index (Phi) is 5.29. The molecule has 0 aliphatic rings. The van der Waals surface area contributed by atoms with Gasteiger partial charge in [-0.15, -0.1) is 0 Å². The number of carbonyl (C=O) groups is 1. The number of rotatable bonds is 6. The minimum Gasteiger partial charge on any atom is -0.354 e. The van der Waals surface area contributed by atoms with Gasteiger partial charge in [0.25, 0.3) is 0 Å². The third-order valence-electron chi connectivity index (χ3n) is 2.82. The first-order valence-corrected chi connectivity index (χ1v) is 7.12. The molecule has 20 heavy (non-hydrogen) atoms. The number of nitrogens with zero attached hydrogens (tertiary/aromatic N) is 2. The van der Waals surface area contributed by atoms with Crippen LogP contribution in [0.4, 0.5) is 4.39 Å². The van der Waals surface area contributed by atoms with Crippen molar-refractivity contribution in [3.8, 4) is 0 Å². The summed E-state index contributed by atoms with van der Waals surface area (Å²) in [6.07, 6.45) is 4.66. The van der Waals surface area contributed by atoms with Crippen molar-refractivity contribution in [2.24, 2.45) is 0 Å². The lowest BCUT2D eigenvalue weighted by Gasteiger charge is -2.06. The summed E-state index contributed by atoms with van der Waals surface area (Å²) in [4.78, 5) is 11.6. The number of amides is 1. The predicted octanol–water partition coefficient (Wildman–Crippen LogP) is 2.53. The fraction of sp³-hybridized carbons (Fsp3) is 0.286. The van der Waals surface area contributed by atoms with Crippen molar-refractivity contribution in [1.29, 1.82) is 0 Å². The third kappa shape index (κ3) is 4.45. The second kappa shape index (κ2) is 7.19. The SMILES string of the molecule is O=C(Cn1cccn1)NCCCc1ccc(Br)cc1F. The summed E-state index contributed by atoms with van der Waals surface area (Å²) in [6.45, 7) is 0.731. The smallest absolute Gasteiger partial charge is 0.241 e. The molecule has 2 rings (SSSR count). The Bertz CT molecular complexity index is 572. The highest BCUT2D eigenvalue weighted by molar-refractivity contribution is 9.10. The van der Waals surface area contributed by atoms with Gasteiger partial charge in [0, 0.05) is 23.4 Å². The molecule has 1 aromatic carbocycles. The number of nitrogens with one attached hydrogen (secondary N) is 1. The minimum absolute atomic E-state index is 0.0926. The maximum atomic E-state index is 13.6. The van der Waals surface area contributed by atoms with Crippen molar-refractivity contribution in [1.82, 2.24) is 15.1 Å². The molecule has 1 heterocycles. The molecule has 0 unspecified atom stereocenters. The maximum Gasteiger partial charge on any atom is 0.241 e. The van der Waals surface area contributed by atoms with Crippen LogP contribution in [0, 0.1) is 5.82 Å². The van der Waals surface area contributed by atoms with Crippen LogP contribution in [0.3, 0.4) is 0 Å². The molecule has 1 N–H and O–H groups in total. The van der Waals surface area contributed by atoms with E-state index < -0.39 is 0 Å². The van der Waals surface area contributed by atoms with Crippen LogP contribution in [-0.4, -0.2) is 22.2 Å². The largest absolute Gasteiger partial charge is 0.354 e. The molecule has 1 amide bonds. The Morgan fingerprint density at radius 2 is 2.30 bits per heavy atom. The Hall–Kier alpha value is -1.69. The summed E-state index contributed by atoms with van der Waals surface area (Å²) in [7, 11) is 0. The second-order valence-electron chi connectivity index (χ2n) is 4.39. The highest BCUT2D eigenvalue weighted by Crippen LogP contribution is 2.16. The van der Waals surface area contributed by atoms with Crippen LogP contribution in [0.25, 0.3) is 0 Å². The van der Waals surface area contributed by atoms with Gasteiger partial charge in [0.15, 0.2) is 0 Å². The van der Waals surface area contributed by atoms with E-state index in [1.54, 1.807) is 29.2 Å². The number of hydrogen-bond acceptors (Lipinski definition) is 2. The third-order valence-corrected chi connectivity index (χ3v) is 3.32. The average molecular weight is 340 g/mol. The van der Waals surface area contributed by atoms with E-state index in [2.05, 4.69) is 26.3 Å². The van der Waals surface area contributed by atoms with Crippen molar-refractivity contribution < 1.29 is 9.18 Å².